The fourth-order valence-electron chi connectivity index (χ4n) is 1.89. The van der Waals surface area contributed by atoms with Gasteiger partial charge in [0.05, 0.1) is 18.7 Å². The molecule has 0 spiro atoms. The Morgan fingerprint density at radius 3 is 2.70 bits per heavy atom. The van der Waals surface area contributed by atoms with Crippen LogP contribution in [0.4, 0.5) is 5.69 Å². The molecule has 1 N–H and O–H groups in total. The van der Waals surface area contributed by atoms with Gasteiger partial charge in [0, 0.05) is 18.1 Å². The van der Waals surface area contributed by atoms with E-state index in [1.165, 1.54) is 0 Å². The fourth-order valence-corrected chi connectivity index (χ4v) is 2.06. The highest BCUT2D eigenvalue weighted by Gasteiger charge is 2.19. The lowest BCUT2D eigenvalue weighted by Gasteiger charge is -2.28. The van der Waals surface area contributed by atoms with Crippen LogP contribution < -0.4 is 9.64 Å². The minimum Gasteiger partial charge on any atom is -0.495 e. The molecule has 1 unspecified atom stereocenters. The molecule has 1 aromatic carbocycles. The van der Waals surface area contributed by atoms with Crippen molar-refractivity contribution in [1.82, 2.24) is 0 Å². The molecule has 0 bridgehead atoms. The summed E-state index contributed by atoms with van der Waals surface area (Å²) in [5.74, 6) is -0.677. The van der Waals surface area contributed by atoms with E-state index in [9.17, 15) is 4.79 Å². The topological polar surface area (TPSA) is 49.8 Å². The zero-order chi connectivity index (χ0) is 15.3. The van der Waals surface area contributed by atoms with Crippen molar-refractivity contribution in [2.75, 3.05) is 25.1 Å². The number of ether oxygens (including phenoxy) is 1. The van der Waals surface area contributed by atoms with Crippen molar-refractivity contribution in [2.45, 2.75) is 13.8 Å². The molecule has 110 valence electrons. The van der Waals surface area contributed by atoms with Crippen molar-refractivity contribution in [1.29, 1.82) is 0 Å². The highest BCUT2D eigenvalue weighted by Crippen LogP contribution is 2.32. The summed E-state index contributed by atoms with van der Waals surface area (Å²) in [5, 5.41) is 9.67. The van der Waals surface area contributed by atoms with E-state index < -0.39 is 11.9 Å². The summed E-state index contributed by atoms with van der Waals surface area (Å²) in [6.07, 6.45) is 0. The molecule has 1 atom stereocenters. The van der Waals surface area contributed by atoms with Crippen LogP contribution in [0.25, 0.3) is 0 Å². The molecule has 0 saturated heterocycles. The van der Waals surface area contributed by atoms with Gasteiger partial charge in [0.1, 0.15) is 5.75 Å². The third-order valence-corrected chi connectivity index (χ3v) is 3.09. The van der Waals surface area contributed by atoms with E-state index in [-0.39, 0.29) is 0 Å². The van der Waals surface area contributed by atoms with E-state index in [4.69, 9.17) is 21.4 Å². The number of carbonyl (C=O) groups is 1. The van der Waals surface area contributed by atoms with Crippen LogP contribution >= 0.6 is 11.6 Å². The van der Waals surface area contributed by atoms with Crippen molar-refractivity contribution in [3.8, 4) is 5.75 Å². The lowest BCUT2D eigenvalue weighted by molar-refractivity contribution is -0.140. The summed E-state index contributed by atoms with van der Waals surface area (Å²) < 4.78 is 5.33. The highest BCUT2D eigenvalue weighted by molar-refractivity contribution is 6.30. The number of methoxy groups -OCH3 is 1. The van der Waals surface area contributed by atoms with Gasteiger partial charge in [-0.2, -0.15) is 0 Å². The van der Waals surface area contributed by atoms with Gasteiger partial charge in [0.15, 0.2) is 0 Å². The predicted molar refractivity (Wildman–Crippen MR) is 81.8 cm³/mol. The molecule has 0 aliphatic carbocycles. The maximum Gasteiger partial charge on any atom is 0.308 e. The van der Waals surface area contributed by atoms with E-state index in [0.29, 0.717) is 23.9 Å². The summed E-state index contributed by atoms with van der Waals surface area (Å²) in [6, 6.07) is 5.29. The highest BCUT2D eigenvalue weighted by atomic mass is 35.5. The molecule has 0 heterocycles. The second kappa shape index (κ2) is 7.20. The number of rotatable bonds is 7. The van der Waals surface area contributed by atoms with Crippen molar-refractivity contribution in [3.05, 3.63) is 35.4 Å². The Balaban J connectivity index is 3.12. The first-order valence-electron chi connectivity index (χ1n) is 6.30. The number of carboxylic acid groups (broad SMARTS) is 1. The second-order valence-electron chi connectivity index (χ2n) is 4.89. The van der Waals surface area contributed by atoms with Gasteiger partial charge in [-0.25, -0.2) is 0 Å². The third kappa shape index (κ3) is 4.46. The smallest absolute Gasteiger partial charge is 0.308 e. The Kier molecular flexibility index (Phi) is 5.89. The standard InChI is InChI=1S/C15H20ClNO3/c1-10(2)8-17(9-11(3)15(18)19)13-7-12(16)5-6-14(13)20-4/h5-7,11H,1,8-9H2,2-4H3,(H,18,19). The first-order valence-corrected chi connectivity index (χ1v) is 6.68. The van der Waals surface area contributed by atoms with Gasteiger partial charge in [0.25, 0.3) is 0 Å². The summed E-state index contributed by atoms with van der Waals surface area (Å²) in [6.45, 7) is 8.37. The fraction of sp³-hybridized carbons (Fsp3) is 0.400. The van der Waals surface area contributed by atoms with Gasteiger partial charge in [-0.3, -0.25) is 4.79 Å². The summed E-state index contributed by atoms with van der Waals surface area (Å²) in [7, 11) is 1.58. The summed E-state index contributed by atoms with van der Waals surface area (Å²) in [4.78, 5) is 13.0. The molecule has 0 aliphatic rings. The molecule has 0 fully saturated rings. The molecule has 0 saturated carbocycles. The van der Waals surface area contributed by atoms with Crippen LogP contribution in [0.1, 0.15) is 13.8 Å². The molecule has 0 radical (unpaired) electrons. The van der Waals surface area contributed by atoms with E-state index in [1.54, 1.807) is 32.2 Å². The molecule has 20 heavy (non-hydrogen) atoms. The van der Waals surface area contributed by atoms with Crippen molar-refractivity contribution in [3.63, 3.8) is 0 Å². The van der Waals surface area contributed by atoms with Crippen LogP contribution in [0.15, 0.2) is 30.4 Å². The summed E-state index contributed by atoms with van der Waals surface area (Å²) >= 11 is 6.03. The van der Waals surface area contributed by atoms with E-state index in [1.807, 2.05) is 11.8 Å². The summed E-state index contributed by atoms with van der Waals surface area (Å²) in [5.41, 5.74) is 1.71. The van der Waals surface area contributed by atoms with Crippen LogP contribution in [0.2, 0.25) is 5.02 Å². The maximum atomic E-state index is 11.1. The van der Waals surface area contributed by atoms with Gasteiger partial charge in [-0.05, 0) is 25.1 Å². The Morgan fingerprint density at radius 1 is 1.55 bits per heavy atom. The lowest BCUT2D eigenvalue weighted by Crippen LogP contribution is -2.33. The monoisotopic (exact) mass is 297 g/mol. The van der Waals surface area contributed by atoms with Gasteiger partial charge < -0.3 is 14.7 Å². The number of hydrogen-bond acceptors (Lipinski definition) is 3. The van der Waals surface area contributed by atoms with Gasteiger partial charge >= 0.3 is 5.97 Å². The molecule has 1 aromatic rings. The first kappa shape index (κ1) is 16.4. The number of carboxylic acids is 1. The van der Waals surface area contributed by atoms with Gasteiger partial charge in [-0.15, -0.1) is 0 Å². The van der Waals surface area contributed by atoms with Crippen LogP contribution in [-0.4, -0.2) is 31.3 Å². The lowest BCUT2D eigenvalue weighted by atomic mass is 10.1. The molecular formula is C15H20ClNO3. The van der Waals surface area contributed by atoms with E-state index in [2.05, 4.69) is 6.58 Å². The molecule has 0 aromatic heterocycles. The van der Waals surface area contributed by atoms with E-state index in [0.717, 1.165) is 11.3 Å². The number of aliphatic carboxylic acids is 1. The van der Waals surface area contributed by atoms with Gasteiger partial charge in [0.2, 0.25) is 0 Å². The van der Waals surface area contributed by atoms with Crippen molar-refractivity contribution in [2.24, 2.45) is 5.92 Å². The Labute approximate surface area is 124 Å². The normalized spacial score (nSPS) is 11.8. The molecule has 1 rings (SSSR count). The molecule has 5 heteroatoms. The first-order chi connectivity index (χ1) is 9.35. The van der Waals surface area contributed by atoms with Crippen molar-refractivity contribution >= 4 is 23.3 Å². The Bertz CT molecular complexity index is 502. The second-order valence-corrected chi connectivity index (χ2v) is 5.33. The van der Waals surface area contributed by atoms with Gasteiger partial charge in [-0.1, -0.05) is 30.7 Å². The predicted octanol–water partition coefficient (Wildman–Crippen LogP) is 3.45. The van der Waals surface area contributed by atoms with Crippen LogP contribution in [0.5, 0.6) is 5.75 Å². The molecular weight excluding hydrogens is 278 g/mol. The minimum absolute atomic E-state index is 0.360. The quantitative estimate of drug-likeness (QED) is 0.783. The Morgan fingerprint density at radius 2 is 2.20 bits per heavy atom. The molecule has 0 aliphatic heterocycles. The average molecular weight is 298 g/mol. The Hall–Kier alpha value is -1.68. The molecule has 4 nitrogen and oxygen atoms in total. The van der Waals surface area contributed by atoms with Crippen LogP contribution in [0, 0.1) is 5.92 Å². The van der Waals surface area contributed by atoms with Crippen LogP contribution in [0.3, 0.4) is 0 Å². The van der Waals surface area contributed by atoms with Crippen molar-refractivity contribution < 1.29 is 14.6 Å². The number of benzene rings is 1. The minimum atomic E-state index is -0.835. The number of halogens is 1. The number of hydrogen-bond donors (Lipinski definition) is 1. The maximum absolute atomic E-state index is 11.1. The van der Waals surface area contributed by atoms with Crippen LogP contribution in [-0.2, 0) is 4.79 Å². The zero-order valence-electron chi connectivity index (χ0n) is 12.0. The third-order valence-electron chi connectivity index (χ3n) is 2.86. The van der Waals surface area contributed by atoms with E-state index >= 15 is 0 Å². The molecule has 0 amide bonds. The average Bonchev–Trinajstić information content (AvgIpc) is 2.37. The SMILES string of the molecule is C=C(C)CN(CC(C)C(=O)O)c1cc(Cl)ccc1OC. The largest absolute Gasteiger partial charge is 0.495 e. The zero-order valence-corrected chi connectivity index (χ0v) is 12.8. The number of anilines is 1. The number of nitrogens with zero attached hydrogens (tertiary/aromatic N) is 1.